The molecular formula is C16H18BNO. The van der Waals surface area contributed by atoms with Crippen LogP contribution >= 0.6 is 0 Å². The summed E-state index contributed by atoms with van der Waals surface area (Å²) in [5, 5.41) is 0. The number of likely N-dealkylation sites (N-methyl/N-ethyl adjacent to an activating group) is 1. The van der Waals surface area contributed by atoms with Crippen LogP contribution in [0.4, 0.5) is 0 Å². The Morgan fingerprint density at radius 2 is 1.68 bits per heavy atom. The largest absolute Gasteiger partial charge is 0.418 e. The number of nitrogens with zero attached hydrogens (tertiary/aromatic N) is 1. The van der Waals surface area contributed by atoms with E-state index in [2.05, 4.69) is 66.5 Å². The topological polar surface area (TPSA) is 12.5 Å². The Morgan fingerprint density at radius 1 is 1.05 bits per heavy atom. The second-order valence-electron chi connectivity index (χ2n) is 5.11. The molecule has 2 nitrogen and oxygen atoms in total. The van der Waals surface area contributed by atoms with Gasteiger partial charge in [-0.15, -0.1) is 0 Å². The minimum absolute atomic E-state index is 0.0925. The van der Waals surface area contributed by atoms with Gasteiger partial charge in [0.15, 0.2) is 0 Å². The van der Waals surface area contributed by atoms with E-state index in [9.17, 15) is 0 Å². The lowest BCUT2D eigenvalue weighted by Gasteiger charge is -2.21. The quantitative estimate of drug-likeness (QED) is 0.773. The second-order valence-corrected chi connectivity index (χ2v) is 5.11. The fourth-order valence-corrected chi connectivity index (χ4v) is 2.67. The molecule has 3 heteroatoms. The van der Waals surface area contributed by atoms with Gasteiger partial charge >= 0.3 is 7.05 Å². The maximum absolute atomic E-state index is 5.96. The van der Waals surface area contributed by atoms with Crippen LogP contribution in [0.3, 0.4) is 0 Å². The molecule has 0 aliphatic carbocycles. The number of hydrogen-bond donors (Lipinski definition) is 0. The van der Waals surface area contributed by atoms with Crippen LogP contribution < -0.4 is 5.46 Å². The van der Waals surface area contributed by atoms with Gasteiger partial charge in [0, 0.05) is 12.6 Å². The van der Waals surface area contributed by atoms with Crippen molar-refractivity contribution in [2.45, 2.75) is 12.5 Å². The third-order valence-corrected chi connectivity index (χ3v) is 3.79. The van der Waals surface area contributed by atoms with Crippen LogP contribution in [0, 0.1) is 0 Å². The molecule has 0 saturated carbocycles. The number of hydrogen-bond acceptors (Lipinski definition) is 2. The van der Waals surface area contributed by atoms with Gasteiger partial charge < -0.3 is 9.47 Å². The minimum Gasteiger partial charge on any atom is -0.416 e. The van der Waals surface area contributed by atoms with E-state index in [1.54, 1.807) is 0 Å². The molecule has 3 rings (SSSR count). The molecular weight excluding hydrogens is 233 g/mol. The van der Waals surface area contributed by atoms with E-state index in [0.29, 0.717) is 6.04 Å². The monoisotopic (exact) mass is 251 g/mol. The molecule has 0 N–H and O–H groups in total. The van der Waals surface area contributed by atoms with Crippen LogP contribution in [-0.2, 0) is 11.1 Å². The number of rotatable bonds is 3. The van der Waals surface area contributed by atoms with Gasteiger partial charge in [0.2, 0.25) is 0 Å². The van der Waals surface area contributed by atoms with Crippen LogP contribution in [0.15, 0.2) is 60.7 Å². The second kappa shape index (κ2) is 5.60. The zero-order chi connectivity index (χ0) is 13.1. The Labute approximate surface area is 115 Å². The van der Waals surface area contributed by atoms with E-state index in [1.165, 1.54) is 11.0 Å². The van der Waals surface area contributed by atoms with Gasteiger partial charge in [-0.3, -0.25) is 0 Å². The molecule has 1 saturated heterocycles. The Morgan fingerprint density at radius 3 is 2.37 bits per heavy atom. The first-order valence-electron chi connectivity index (χ1n) is 6.77. The van der Waals surface area contributed by atoms with Crippen molar-refractivity contribution in [3.8, 4) is 0 Å². The maximum Gasteiger partial charge on any atom is 0.418 e. The van der Waals surface area contributed by atoms with Gasteiger partial charge in [-0.25, -0.2) is 0 Å². The molecule has 0 amide bonds. The Hall–Kier alpha value is -1.58. The molecule has 2 aromatic rings. The van der Waals surface area contributed by atoms with E-state index in [0.717, 1.165) is 13.0 Å². The fraction of sp³-hybridized carbons (Fsp3) is 0.250. The summed E-state index contributed by atoms with van der Waals surface area (Å²) in [4.78, 5) is 2.34. The zero-order valence-corrected chi connectivity index (χ0v) is 11.2. The summed E-state index contributed by atoms with van der Waals surface area (Å²) in [7, 11) is 2.24. The average Bonchev–Trinajstić information content (AvgIpc) is 2.82. The van der Waals surface area contributed by atoms with Crippen molar-refractivity contribution < 1.29 is 4.65 Å². The molecule has 0 aromatic heterocycles. The molecule has 0 bridgehead atoms. The summed E-state index contributed by atoms with van der Waals surface area (Å²) >= 11 is 0. The average molecular weight is 251 g/mol. The number of benzene rings is 2. The summed E-state index contributed by atoms with van der Waals surface area (Å²) in [6.07, 6.45) is 1.04. The molecule has 0 spiro atoms. The Kier molecular flexibility index (Phi) is 3.67. The van der Waals surface area contributed by atoms with Crippen molar-refractivity contribution in [3.63, 3.8) is 0 Å². The van der Waals surface area contributed by atoms with Crippen LogP contribution in [0.5, 0.6) is 0 Å². The fourth-order valence-electron chi connectivity index (χ4n) is 2.67. The third-order valence-electron chi connectivity index (χ3n) is 3.79. The van der Waals surface area contributed by atoms with Crippen LogP contribution in [-0.4, -0.2) is 31.6 Å². The lowest BCUT2D eigenvalue weighted by Crippen LogP contribution is -2.46. The van der Waals surface area contributed by atoms with Crippen molar-refractivity contribution in [2.24, 2.45) is 0 Å². The minimum atomic E-state index is 0.0925. The normalized spacial score (nSPS) is 19.8. The maximum atomic E-state index is 5.96. The summed E-state index contributed by atoms with van der Waals surface area (Å²) in [5.74, 6) is 0. The highest BCUT2D eigenvalue weighted by molar-refractivity contribution is 6.65. The van der Waals surface area contributed by atoms with Gasteiger partial charge in [0.25, 0.3) is 0 Å². The smallest absolute Gasteiger partial charge is 0.416 e. The van der Waals surface area contributed by atoms with E-state index in [-0.39, 0.29) is 7.05 Å². The summed E-state index contributed by atoms with van der Waals surface area (Å²) in [6.45, 7) is 0.797. The molecule has 1 aliphatic heterocycles. The van der Waals surface area contributed by atoms with Crippen molar-refractivity contribution >= 4 is 12.5 Å². The van der Waals surface area contributed by atoms with Gasteiger partial charge in [-0.1, -0.05) is 60.7 Å². The van der Waals surface area contributed by atoms with E-state index < -0.39 is 0 Å². The first kappa shape index (κ1) is 12.5. The summed E-state index contributed by atoms with van der Waals surface area (Å²) in [6, 6.07) is 21.5. The van der Waals surface area contributed by atoms with Crippen LogP contribution in [0.1, 0.15) is 5.56 Å². The molecule has 96 valence electrons. The lowest BCUT2D eigenvalue weighted by atomic mass is 9.72. The van der Waals surface area contributed by atoms with Gasteiger partial charge in [0.1, 0.15) is 0 Å². The van der Waals surface area contributed by atoms with Gasteiger partial charge in [0.05, 0.1) is 0 Å². The first-order chi connectivity index (χ1) is 9.34. The first-order valence-corrected chi connectivity index (χ1v) is 6.77. The standard InChI is InChI=1S/C16H18BNO/c1-18-16(12-14-8-4-2-5-9-14)13-19-17(18)15-10-6-3-7-11-15/h2-11,16H,12-13H2,1H3/t16-/m1/s1. The van der Waals surface area contributed by atoms with Crippen molar-refractivity contribution in [2.75, 3.05) is 13.7 Å². The van der Waals surface area contributed by atoms with Crippen LogP contribution in [0.2, 0.25) is 0 Å². The highest BCUT2D eigenvalue weighted by Crippen LogP contribution is 2.16. The third kappa shape index (κ3) is 2.72. The van der Waals surface area contributed by atoms with E-state index >= 15 is 0 Å². The molecule has 1 fully saturated rings. The van der Waals surface area contributed by atoms with Gasteiger partial charge in [-0.2, -0.15) is 0 Å². The molecule has 0 radical (unpaired) electrons. The van der Waals surface area contributed by atoms with E-state index in [4.69, 9.17) is 4.65 Å². The Bertz CT molecular complexity index is 517. The summed E-state index contributed by atoms with van der Waals surface area (Å²) in [5.41, 5.74) is 2.61. The molecule has 0 unspecified atom stereocenters. The molecule has 1 atom stereocenters. The molecule has 1 aliphatic rings. The molecule has 2 aromatic carbocycles. The molecule has 19 heavy (non-hydrogen) atoms. The van der Waals surface area contributed by atoms with Crippen molar-refractivity contribution in [3.05, 3.63) is 66.2 Å². The predicted molar refractivity (Wildman–Crippen MR) is 79.5 cm³/mol. The SMILES string of the molecule is CN1B(c2ccccc2)OC[C@H]1Cc1ccccc1. The highest BCUT2D eigenvalue weighted by atomic mass is 16.5. The lowest BCUT2D eigenvalue weighted by molar-refractivity contribution is 0.323. The highest BCUT2D eigenvalue weighted by Gasteiger charge is 2.36. The Balaban J connectivity index is 1.71. The van der Waals surface area contributed by atoms with Gasteiger partial charge in [-0.05, 0) is 24.5 Å². The van der Waals surface area contributed by atoms with Crippen molar-refractivity contribution in [1.82, 2.24) is 4.81 Å². The predicted octanol–water partition coefficient (Wildman–Crippen LogP) is 1.96. The van der Waals surface area contributed by atoms with Crippen molar-refractivity contribution in [1.29, 1.82) is 0 Å². The zero-order valence-electron chi connectivity index (χ0n) is 11.2. The summed E-state index contributed by atoms with van der Waals surface area (Å²) < 4.78 is 5.96. The molecule has 1 heterocycles. The van der Waals surface area contributed by atoms with E-state index in [1.807, 2.05) is 6.07 Å². The van der Waals surface area contributed by atoms with Crippen LogP contribution in [0.25, 0.3) is 0 Å².